The summed E-state index contributed by atoms with van der Waals surface area (Å²) in [5, 5.41) is 4.90. The zero-order valence-corrected chi connectivity index (χ0v) is 11.2. The smallest absolute Gasteiger partial charge is 0.225 e. The van der Waals surface area contributed by atoms with Crippen LogP contribution >= 0.6 is 15.9 Å². The van der Waals surface area contributed by atoms with E-state index in [1.54, 1.807) is 0 Å². The van der Waals surface area contributed by atoms with E-state index < -0.39 is 15.8 Å². The van der Waals surface area contributed by atoms with Gasteiger partial charge in [0.2, 0.25) is 10.0 Å². The SMILES string of the molecule is CCC(Br)Cc1ccc(S(N)(=O)=O)cc1F. The fourth-order valence-corrected chi connectivity index (χ4v) is 2.13. The normalized spacial score (nSPS) is 13.8. The average molecular weight is 310 g/mol. The molecule has 2 N–H and O–H groups in total. The predicted octanol–water partition coefficient (Wildman–Crippen LogP) is 2.19. The highest BCUT2D eigenvalue weighted by molar-refractivity contribution is 9.09. The molecule has 1 aromatic carbocycles. The fraction of sp³-hybridized carbons (Fsp3) is 0.400. The number of sulfonamides is 1. The Morgan fingerprint density at radius 3 is 2.56 bits per heavy atom. The molecule has 1 rings (SSSR count). The molecule has 0 saturated heterocycles. The highest BCUT2D eigenvalue weighted by Gasteiger charge is 2.13. The van der Waals surface area contributed by atoms with Crippen LogP contribution in [0.3, 0.4) is 0 Å². The molecule has 0 aliphatic heterocycles. The second-order valence-corrected chi connectivity index (χ2v) is 6.36. The van der Waals surface area contributed by atoms with Gasteiger partial charge in [0.05, 0.1) is 4.90 Å². The first-order chi connectivity index (χ1) is 7.34. The summed E-state index contributed by atoms with van der Waals surface area (Å²) in [7, 11) is -3.83. The first-order valence-corrected chi connectivity index (χ1v) is 7.26. The molecule has 0 aromatic heterocycles. The van der Waals surface area contributed by atoms with Crippen LogP contribution in [0.5, 0.6) is 0 Å². The van der Waals surface area contributed by atoms with Gasteiger partial charge in [-0.1, -0.05) is 28.9 Å². The monoisotopic (exact) mass is 309 g/mol. The van der Waals surface area contributed by atoms with Crippen molar-refractivity contribution in [2.45, 2.75) is 29.5 Å². The minimum atomic E-state index is -3.83. The van der Waals surface area contributed by atoms with Crippen molar-refractivity contribution in [3.63, 3.8) is 0 Å². The topological polar surface area (TPSA) is 60.2 Å². The van der Waals surface area contributed by atoms with E-state index in [0.717, 1.165) is 12.5 Å². The van der Waals surface area contributed by atoms with Crippen molar-refractivity contribution in [1.82, 2.24) is 0 Å². The van der Waals surface area contributed by atoms with E-state index in [2.05, 4.69) is 15.9 Å². The lowest BCUT2D eigenvalue weighted by Crippen LogP contribution is -2.13. The van der Waals surface area contributed by atoms with Crippen molar-refractivity contribution in [3.05, 3.63) is 29.6 Å². The minimum Gasteiger partial charge on any atom is -0.225 e. The summed E-state index contributed by atoms with van der Waals surface area (Å²) in [6.07, 6.45) is 1.39. The number of rotatable bonds is 4. The van der Waals surface area contributed by atoms with Gasteiger partial charge in [-0.15, -0.1) is 0 Å². The first kappa shape index (κ1) is 13.6. The summed E-state index contributed by atoms with van der Waals surface area (Å²) in [5.41, 5.74) is 0.483. The summed E-state index contributed by atoms with van der Waals surface area (Å²) >= 11 is 3.40. The van der Waals surface area contributed by atoms with Crippen molar-refractivity contribution in [1.29, 1.82) is 0 Å². The quantitative estimate of drug-likeness (QED) is 0.867. The van der Waals surface area contributed by atoms with Crippen molar-refractivity contribution in [3.8, 4) is 0 Å². The molecule has 16 heavy (non-hydrogen) atoms. The molecule has 0 fully saturated rings. The molecule has 0 aliphatic rings. The van der Waals surface area contributed by atoms with Crippen LogP contribution in [0.15, 0.2) is 23.1 Å². The summed E-state index contributed by atoms with van der Waals surface area (Å²) in [6, 6.07) is 3.74. The molecule has 1 aromatic rings. The molecule has 1 unspecified atom stereocenters. The van der Waals surface area contributed by atoms with Gasteiger partial charge in [0.25, 0.3) is 0 Å². The van der Waals surface area contributed by atoms with E-state index >= 15 is 0 Å². The van der Waals surface area contributed by atoms with Gasteiger partial charge in [0.1, 0.15) is 5.82 Å². The second kappa shape index (κ2) is 5.25. The van der Waals surface area contributed by atoms with E-state index in [0.29, 0.717) is 12.0 Å². The maximum Gasteiger partial charge on any atom is 0.238 e. The van der Waals surface area contributed by atoms with E-state index in [-0.39, 0.29) is 9.72 Å². The number of halogens is 2. The van der Waals surface area contributed by atoms with Gasteiger partial charge in [-0.3, -0.25) is 0 Å². The summed E-state index contributed by atoms with van der Waals surface area (Å²) in [4.78, 5) is -0.0151. The number of primary sulfonamides is 1. The van der Waals surface area contributed by atoms with Crippen molar-refractivity contribution in [2.24, 2.45) is 5.14 Å². The van der Waals surface area contributed by atoms with Crippen LogP contribution in [-0.4, -0.2) is 13.2 Å². The van der Waals surface area contributed by atoms with Crippen LogP contribution in [0.25, 0.3) is 0 Å². The van der Waals surface area contributed by atoms with Crippen LogP contribution in [0.1, 0.15) is 18.9 Å². The van der Waals surface area contributed by atoms with E-state index in [4.69, 9.17) is 5.14 Å². The third-order valence-electron chi connectivity index (χ3n) is 2.24. The maximum absolute atomic E-state index is 13.5. The Hall–Kier alpha value is -0.460. The molecule has 0 radical (unpaired) electrons. The zero-order valence-electron chi connectivity index (χ0n) is 8.78. The molecule has 0 heterocycles. The lowest BCUT2D eigenvalue weighted by molar-refractivity contribution is 0.586. The van der Waals surface area contributed by atoms with Gasteiger partial charge in [0.15, 0.2) is 0 Å². The molecule has 90 valence electrons. The van der Waals surface area contributed by atoms with Crippen LogP contribution in [-0.2, 0) is 16.4 Å². The number of benzene rings is 1. The molecule has 0 aliphatic carbocycles. The number of hydrogen-bond acceptors (Lipinski definition) is 2. The molecule has 0 amide bonds. The number of hydrogen-bond donors (Lipinski definition) is 1. The average Bonchev–Trinajstić information content (AvgIpc) is 2.19. The standard InChI is InChI=1S/C10H13BrFNO2S/c1-2-8(11)5-7-3-4-9(6-10(7)12)16(13,14)15/h3-4,6,8H,2,5H2,1H3,(H2,13,14,15). The van der Waals surface area contributed by atoms with Crippen molar-refractivity contribution < 1.29 is 12.8 Å². The van der Waals surface area contributed by atoms with Crippen LogP contribution in [0.4, 0.5) is 4.39 Å². The van der Waals surface area contributed by atoms with Crippen molar-refractivity contribution >= 4 is 26.0 Å². The maximum atomic E-state index is 13.5. The highest BCUT2D eigenvalue weighted by atomic mass is 79.9. The Morgan fingerprint density at radius 2 is 2.12 bits per heavy atom. The fourth-order valence-electron chi connectivity index (χ4n) is 1.25. The largest absolute Gasteiger partial charge is 0.238 e. The van der Waals surface area contributed by atoms with Crippen LogP contribution < -0.4 is 5.14 Å². The summed E-state index contributed by atoms with van der Waals surface area (Å²) in [5.74, 6) is -0.538. The second-order valence-electron chi connectivity index (χ2n) is 3.51. The van der Waals surface area contributed by atoms with Gasteiger partial charge in [-0.25, -0.2) is 17.9 Å². The number of alkyl halides is 1. The lowest BCUT2D eigenvalue weighted by Gasteiger charge is -2.08. The van der Waals surface area contributed by atoms with Gasteiger partial charge in [0, 0.05) is 4.83 Å². The van der Waals surface area contributed by atoms with E-state index in [1.165, 1.54) is 12.1 Å². The third kappa shape index (κ3) is 3.54. The van der Waals surface area contributed by atoms with Gasteiger partial charge >= 0.3 is 0 Å². The minimum absolute atomic E-state index is 0.183. The molecule has 0 saturated carbocycles. The number of nitrogens with two attached hydrogens (primary N) is 1. The Bertz CT molecular complexity index is 476. The van der Waals surface area contributed by atoms with Gasteiger partial charge in [-0.05, 0) is 30.5 Å². The molecule has 3 nitrogen and oxygen atoms in total. The molecular formula is C10H13BrFNO2S. The molecule has 0 spiro atoms. The third-order valence-corrected chi connectivity index (χ3v) is 4.12. The van der Waals surface area contributed by atoms with Crippen LogP contribution in [0.2, 0.25) is 0 Å². The summed E-state index contributed by atoms with van der Waals surface area (Å²) < 4.78 is 35.5. The lowest BCUT2D eigenvalue weighted by atomic mass is 10.1. The molecule has 1 atom stereocenters. The first-order valence-electron chi connectivity index (χ1n) is 4.80. The van der Waals surface area contributed by atoms with E-state index in [1.807, 2.05) is 6.92 Å². The van der Waals surface area contributed by atoms with Crippen molar-refractivity contribution in [2.75, 3.05) is 0 Å². The predicted molar refractivity (Wildman–Crippen MR) is 64.5 cm³/mol. The van der Waals surface area contributed by atoms with Crippen LogP contribution in [0, 0.1) is 5.82 Å². The van der Waals surface area contributed by atoms with E-state index in [9.17, 15) is 12.8 Å². The Balaban J connectivity index is 3.01. The molecule has 6 heteroatoms. The zero-order chi connectivity index (χ0) is 12.3. The Labute approximate surface area is 103 Å². The Kier molecular flexibility index (Phi) is 4.46. The van der Waals surface area contributed by atoms with Gasteiger partial charge in [-0.2, -0.15) is 0 Å². The highest BCUT2D eigenvalue weighted by Crippen LogP contribution is 2.18. The molecule has 0 bridgehead atoms. The molecular weight excluding hydrogens is 297 g/mol. The summed E-state index contributed by atoms with van der Waals surface area (Å²) in [6.45, 7) is 1.98. The Morgan fingerprint density at radius 1 is 1.50 bits per heavy atom. The van der Waals surface area contributed by atoms with Gasteiger partial charge < -0.3 is 0 Å².